The fourth-order valence-electron chi connectivity index (χ4n) is 3.07. The third-order valence-electron chi connectivity index (χ3n) is 4.57. The van der Waals surface area contributed by atoms with Crippen molar-refractivity contribution in [2.75, 3.05) is 0 Å². The monoisotopic (exact) mass is 380 g/mol. The molecule has 5 nitrogen and oxygen atoms in total. The molecule has 0 unspecified atom stereocenters. The summed E-state index contributed by atoms with van der Waals surface area (Å²) in [6, 6.07) is 14.3. The van der Waals surface area contributed by atoms with Crippen molar-refractivity contribution in [3.63, 3.8) is 0 Å². The number of aromatic nitrogens is 3. The van der Waals surface area contributed by atoms with Crippen molar-refractivity contribution in [1.82, 2.24) is 20.1 Å². The number of rotatable bonds is 6. The Balaban J connectivity index is 1.64. The first-order valence-electron chi connectivity index (χ1n) is 8.99. The molecule has 0 saturated carbocycles. The summed E-state index contributed by atoms with van der Waals surface area (Å²) in [6.45, 7) is 7.18. The molecule has 2 aromatic carbocycles. The third kappa shape index (κ3) is 4.71. The number of carbonyl (C=O) groups excluding carboxylic acids is 1. The lowest BCUT2D eigenvalue weighted by Gasteiger charge is -2.10. The highest BCUT2D eigenvalue weighted by Crippen LogP contribution is 2.19. The van der Waals surface area contributed by atoms with E-state index in [1.165, 1.54) is 11.1 Å². The van der Waals surface area contributed by atoms with Gasteiger partial charge < -0.3 is 5.32 Å². The van der Waals surface area contributed by atoms with Gasteiger partial charge in [0.25, 0.3) is 0 Å². The van der Waals surface area contributed by atoms with E-state index in [1.54, 1.807) is 0 Å². The number of nitrogens with zero attached hydrogens (tertiary/aromatic N) is 2. The Labute approximate surface area is 164 Å². The fraction of sp³-hybridized carbons (Fsp3) is 0.286. The normalized spacial score (nSPS) is 10.8. The standard InChI is InChI=1S/C21H24N4OS/c1-14-5-4-6-17(12-14)20-23-24-21(27)25(20)10-9-19(26)22-13-18-8-7-15(2)11-16(18)3/h4-8,11-12H,9-10,13H2,1-3H3,(H,22,26)(H,24,27). The summed E-state index contributed by atoms with van der Waals surface area (Å²) in [7, 11) is 0. The van der Waals surface area contributed by atoms with E-state index in [4.69, 9.17) is 12.2 Å². The van der Waals surface area contributed by atoms with Crippen LogP contribution in [0.1, 0.15) is 28.7 Å². The van der Waals surface area contributed by atoms with Gasteiger partial charge in [0, 0.05) is 25.1 Å². The van der Waals surface area contributed by atoms with Gasteiger partial charge in [-0.05, 0) is 50.2 Å². The molecule has 3 rings (SSSR count). The van der Waals surface area contributed by atoms with Crippen LogP contribution < -0.4 is 5.32 Å². The summed E-state index contributed by atoms with van der Waals surface area (Å²) in [5, 5.41) is 10.2. The van der Waals surface area contributed by atoms with Crippen molar-refractivity contribution in [3.05, 3.63) is 69.5 Å². The molecule has 1 aromatic heterocycles. The number of carbonyl (C=O) groups is 1. The fourth-order valence-corrected chi connectivity index (χ4v) is 3.29. The Kier molecular flexibility index (Phi) is 5.86. The number of aromatic amines is 1. The number of nitrogens with one attached hydrogen (secondary N) is 2. The summed E-state index contributed by atoms with van der Waals surface area (Å²) >= 11 is 5.34. The molecular weight excluding hydrogens is 356 g/mol. The van der Waals surface area contributed by atoms with Crippen molar-refractivity contribution in [2.24, 2.45) is 0 Å². The van der Waals surface area contributed by atoms with Crippen molar-refractivity contribution < 1.29 is 4.79 Å². The van der Waals surface area contributed by atoms with Gasteiger partial charge in [0.05, 0.1) is 0 Å². The van der Waals surface area contributed by atoms with Crippen LogP contribution in [-0.4, -0.2) is 20.7 Å². The predicted octanol–water partition coefficient (Wildman–Crippen LogP) is 4.24. The molecule has 27 heavy (non-hydrogen) atoms. The van der Waals surface area contributed by atoms with Crippen LogP contribution in [0.5, 0.6) is 0 Å². The maximum absolute atomic E-state index is 12.3. The zero-order valence-corrected chi connectivity index (χ0v) is 16.7. The lowest BCUT2D eigenvalue weighted by atomic mass is 10.1. The van der Waals surface area contributed by atoms with Gasteiger partial charge in [-0.15, -0.1) is 0 Å². The van der Waals surface area contributed by atoms with E-state index in [1.807, 2.05) is 29.7 Å². The Morgan fingerprint density at radius 1 is 1.15 bits per heavy atom. The molecule has 0 radical (unpaired) electrons. The van der Waals surface area contributed by atoms with E-state index in [2.05, 4.69) is 53.6 Å². The van der Waals surface area contributed by atoms with Crippen molar-refractivity contribution in [3.8, 4) is 11.4 Å². The average molecular weight is 381 g/mol. The minimum absolute atomic E-state index is 0.00623. The highest BCUT2D eigenvalue weighted by Gasteiger charge is 2.11. The minimum Gasteiger partial charge on any atom is -0.352 e. The first-order chi connectivity index (χ1) is 12.9. The molecule has 1 heterocycles. The van der Waals surface area contributed by atoms with E-state index in [0.717, 1.165) is 22.5 Å². The number of hydrogen-bond donors (Lipinski definition) is 2. The first kappa shape index (κ1) is 19.0. The van der Waals surface area contributed by atoms with Gasteiger partial charge in [-0.2, -0.15) is 5.10 Å². The van der Waals surface area contributed by atoms with Crippen LogP contribution in [0.3, 0.4) is 0 Å². The molecule has 6 heteroatoms. The molecule has 1 amide bonds. The molecule has 0 fully saturated rings. The highest BCUT2D eigenvalue weighted by atomic mass is 32.1. The summed E-state index contributed by atoms with van der Waals surface area (Å²) < 4.78 is 2.40. The van der Waals surface area contributed by atoms with Gasteiger partial charge >= 0.3 is 0 Å². The minimum atomic E-state index is -0.00623. The number of benzene rings is 2. The molecule has 0 aliphatic rings. The maximum atomic E-state index is 12.3. The van der Waals surface area contributed by atoms with E-state index >= 15 is 0 Å². The van der Waals surface area contributed by atoms with E-state index < -0.39 is 0 Å². The van der Waals surface area contributed by atoms with Gasteiger partial charge in [-0.1, -0.05) is 47.5 Å². The van der Waals surface area contributed by atoms with Crippen molar-refractivity contribution in [2.45, 2.75) is 40.3 Å². The lowest BCUT2D eigenvalue weighted by molar-refractivity contribution is -0.121. The molecule has 0 saturated heterocycles. The van der Waals surface area contributed by atoms with Gasteiger partial charge in [-0.25, -0.2) is 0 Å². The first-order valence-corrected chi connectivity index (χ1v) is 9.40. The van der Waals surface area contributed by atoms with Gasteiger partial charge in [0.15, 0.2) is 10.6 Å². The largest absolute Gasteiger partial charge is 0.352 e. The molecule has 0 aliphatic heterocycles. The van der Waals surface area contributed by atoms with Crippen LogP contribution in [0, 0.1) is 25.5 Å². The summed E-state index contributed by atoms with van der Waals surface area (Å²) in [6.07, 6.45) is 0.345. The SMILES string of the molecule is Cc1cccc(-c2n[nH]c(=S)n2CCC(=O)NCc2ccc(C)cc2C)c1. The predicted molar refractivity (Wildman–Crippen MR) is 110 cm³/mol. The molecule has 0 bridgehead atoms. The van der Waals surface area contributed by atoms with E-state index in [0.29, 0.717) is 24.3 Å². The Morgan fingerprint density at radius 3 is 2.67 bits per heavy atom. The maximum Gasteiger partial charge on any atom is 0.222 e. The third-order valence-corrected chi connectivity index (χ3v) is 4.88. The lowest BCUT2D eigenvalue weighted by Crippen LogP contribution is -2.24. The summed E-state index contributed by atoms with van der Waals surface area (Å²) in [5.74, 6) is 0.749. The quantitative estimate of drug-likeness (QED) is 0.629. The van der Waals surface area contributed by atoms with Crippen LogP contribution >= 0.6 is 12.2 Å². The molecule has 0 aliphatic carbocycles. The second-order valence-electron chi connectivity index (χ2n) is 6.83. The van der Waals surface area contributed by atoms with Crippen LogP contribution in [0.15, 0.2) is 42.5 Å². The number of hydrogen-bond acceptors (Lipinski definition) is 3. The van der Waals surface area contributed by atoms with Gasteiger partial charge in [-0.3, -0.25) is 14.5 Å². The Bertz CT molecular complexity index is 1020. The van der Waals surface area contributed by atoms with Crippen molar-refractivity contribution >= 4 is 18.1 Å². The number of aryl methyl sites for hydroxylation is 3. The second-order valence-corrected chi connectivity index (χ2v) is 7.22. The number of amides is 1. The van der Waals surface area contributed by atoms with Crippen LogP contribution in [0.4, 0.5) is 0 Å². The molecule has 2 N–H and O–H groups in total. The van der Waals surface area contributed by atoms with Crippen LogP contribution in [0.25, 0.3) is 11.4 Å². The summed E-state index contributed by atoms with van der Waals surface area (Å²) in [5.41, 5.74) is 5.68. The Hall–Kier alpha value is -2.73. The van der Waals surface area contributed by atoms with E-state index in [9.17, 15) is 4.79 Å². The van der Waals surface area contributed by atoms with Crippen molar-refractivity contribution in [1.29, 1.82) is 0 Å². The topological polar surface area (TPSA) is 62.7 Å². The zero-order valence-electron chi connectivity index (χ0n) is 15.9. The Morgan fingerprint density at radius 2 is 1.93 bits per heavy atom. The summed E-state index contributed by atoms with van der Waals surface area (Å²) in [4.78, 5) is 12.3. The van der Waals surface area contributed by atoms with Gasteiger partial charge in [0.2, 0.25) is 5.91 Å². The smallest absolute Gasteiger partial charge is 0.222 e. The molecule has 0 atom stereocenters. The molecule has 140 valence electrons. The number of H-pyrrole nitrogens is 1. The molecule has 3 aromatic rings. The van der Waals surface area contributed by atoms with Gasteiger partial charge in [0.1, 0.15) is 0 Å². The highest BCUT2D eigenvalue weighted by molar-refractivity contribution is 7.71. The molecule has 0 spiro atoms. The zero-order chi connectivity index (χ0) is 19.4. The second kappa shape index (κ2) is 8.31. The molecular formula is C21H24N4OS. The van der Waals surface area contributed by atoms with Crippen LogP contribution in [0.2, 0.25) is 0 Å². The average Bonchev–Trinajstić information content (AvgIpc) is 3.00. The van der Waals surface area contributed by atoms with Crippen LogP contribution in [-0.2, 0) is 17.9 Å². The van der Waals surface area contributed by atoms with E-state index in [-0.39, 0.29) is 5.91 Å².